The molecule has 2 aromatic carbocycles. The van der Waals surface area contributed by atoms with Crippen LogP contribution in [0.5, 0.6) is 0 Å². The molecule has 0 aliphatic rings. The number of benzene rings is 2. The van der Waals surface area contributed by atoms with E-state index in [1.807, 2.05) is 36.4 Å². The van der Waals surface area contributed by atoms with Crippen molar-refractivity contribution in [3.8, 4) is 0 Å². The summed E-state index contributed by atoms with van der Waals surface area (Å²) in [5.74, 6) is 0.231. The molecular formula is C21H22N4O3. The largest absolute Gasteiger partial charge is 0.425 e. The van der Waals surface area contributed by atoms with Gasteiger partial charge in [-0.25, -0.2) is 0 Å². The molecule has 3 rings (SSSR count). The first-order chi connectivity index (χ1) is 13.6. The van der Waals surface area contributed by atoms with Gasteiger partial charge in [-0.15, -0.1) is 10.2 Å². The van der Waals surface area contributed by atoms with E-state index in [-0.39, 0.29) is 24.2 Å². The van der Waals surface area contributed by atoms with Crippen molar-refractivity contribution in [3.05, 3.63) is 83.6 Å². The first-order valence-corrected chi connectivity index (χ1v) is 9.08. The first-order valence-electron chi connectivity index (χ1n) is 9.08. The quantitative estimate of drug-likeness (QED) is 0.587. The molecule has 0 aliphatic carbocycles. The van der Waals surface area contributed by atoms with Gasteiger partial charge in [-0.3, -0.25) is 9.59 Å². The summed E-state index contributed by atoms with van der Waals surface area (Å²) in [4.78, 5) is 24.4. The van der Waals surface area contributed by atoms with Crippen molar-refractivity contribution in [2.45, 2.75) is 19.3 Å². The van der Waals surface area contributed by atoms with Gasteiger partial charge in [-0.05, 0) is 17.7 Å². The molecule has 2 N–H and O–H groups in total. The molecule has 0 radical (unpaired) electrons. The number of carbonyl (C=O) groups is 2. The van der Waals surface area contributed by atoms with Gasteiger partial charge in [0.2, 0.25) is 17.7 Å². The molecular weight excluding hydrogens is 356 g/mol. The lowest BCUT2D eigenvalue weighted by atomic mass is 9.95. The van der Waals surface area contributed by atoms with E-state index in [0.717, 1.165) is 5.56 Å². The summed E-state index contributed by atoms with van der Waals surface area (Å²) >= 11 is 0. The van der Waals surface area contributed by atoms with Gasteiger partial charge in [0.25, 0.3) is 5.91 Å². The van der Waals surface area contributed by atoms with Crippen LogP contribution >= 0.6 is 0 Å². The lowest BCUT2D eigenvalue weighted by Gasteiger charge is -2.14. The van der Waals surface area contributed by atoms with Gasteiger partial charge in [0.1, 0.15) is 0 Å². The molecule has 1 unspecified atom stereocenters. The summed E-state index contributed by atoms with van der Waals surface area (Å²) in [6.07, 6.45) is 0.179. The van der Waals surface area contributed by atoms with E-state index in [9.17, 15) is 9.59 Å². The van der Waals surface area contributed by atoms with Crippen LogP contribution in [-0.4, -0.2) is 35.1 Å². The number of aromatic nitrogens is 2. The Kier molecular flexibility index (Phi) is 6.51. The molecule has 7 heteroatoms. The van der Waals surface area contributed by atoms with E-state index in [1.165, 1.54) is 0 Å². The molecule has 2 amide bonds. The molecule has 144 valence electrons. The topological polar surface area (TPSA) is 97.1 Å². The van der Waals surface area contributed by atoms with E-state index in [1.54, 1.807) is 31.2 Å². The van der Waals surface area contributed by atoms with E-state index in [4.69, 9.17) is 4.42 Å². The van der Waals surface area contributed by atoms with Crippen LogP contribution in [0.3, 0.4) is 0 Å². The van der Waals surface area contributed by atoms with Crippen molar-refractivity contribution >= 4 is 11.8 Å². The molecule has 1 atom stereocenters. The van der Waals surface area contributed by atoms with Crippen molar-refractivity contribution in [3.63, 3.8) is 0 Å². The van der Waals surface area contributed by atoms with Crippen LogP contribution in [0.4, 0.5) is 0 Å². The van der Waals surface area contributed by atoms with Gasteiger partial charge < -0.3 is 15.1 Å². The highest BCUT2D eigenvalue weighted by Gasteiger charge is 2.23. The van der Waals surface area contributed by atoms with E-state index in [0.29, 0.717) is 30.4 Å². The van der Waals surface area contributed by atoms with Gasteiger partial charge in [-0.2, -0.15) is 0 Å². The maximum Gasteiger partial charge on any atom is 0.251 e. The number of amides is 2. The minimum atomic E-state index is -0.318. The monoisotopic (exact) mass is 378 g/mol. The Labute approximate surface area is 163 Å². The molecule has 0 aliphatic heterocycles. The average molecular weight is 378 g/mol. The highest BCUT2D eigenvalue weighted by Crippen LogP contribution is 2.26. The van der Waals surface area contributed by atoms with Crippen molar-refractivity contribution in [2.24, 2.45) is 0 Å². The van der Waals surface area contributed by atoms with Crippen molar-refractivity contribution in [2.75, 3.05) is 13.1 Å². The maximum absolute atomic E-state index is 12.4. The summed E-state index contributed by atoms with van der Waals surface area (Å²) in [6, 6.07) is 18.5. The smallest absolute Gasteiger partial charge is 0.251 e. The number of rotatable bonds is 8. The second-order valence-electron chi connectivity index (χ2n) is 6.30. The Bertz CT molecular complexity index is 910. The highest BCUT2D eigenvalue weighted by atomic mass is 16.4. The van der Waals surface area contributed by atoms with Gasteiger partial charge in [-0.1, -0.05) is 48.5 Å². The summed E-state index contributed by atoms with van der Waals surface area (Å²) in [6.45, 7) is 2.39. The van der Waals surface area contributed by atoms with E-state index in [2.05, 4.69) is 20.8 Å². The lowest BCUT2D eigenvalue weighted by Crippen LogP contribution is -2.35. The molecule has 28 heavy (non-hydrogen) atoms. The van der Waals surface area contributed by atoms with Crippen LogP contribution in [-0.2, 0) is 4.79 Å². The Hall–Kier alpha value is -3.48. The standard InChI is InChI=1S/C21H22N4O3/c1-15-24-25-21(28-15)18(16-8-4-2-5-9-16)14-19(26)22-12-13-23-20(27)17-10-6-3-7-11-17/h2-11,18H,12-14H2,1H3,(H,22,26)(H,23,27). The fourth-order valence-electron chi connectivity index (χ4n) is 2.81. The molecule has 0 bridgehead atoms. The van der Waals surface area contributed by atoms with Crippen molar-refractivity contribution in [1.82, 2.24) is 20.8 Å². The first kappa shape index (κ1) is 19.3. The summed E-state index contributed by atoms with van der Waals surface area (Å²) in [5, 5.41) is 13.5. The van der Waals surface area contributed by atoms with Crippen molar-refractivity contribution < 1.29 is 14.0 Å². The van der Waals surface area contributed by atoms with Crippen LogP contribution in [0.15, 0.2) is 65.1 Å². The van der Waals surface area contributed by atoms with Crippen LogP contribution in [0.25, 0.3) is 0 Å². The number of hydrogen-bond donors (Lipinski definition) is 2. The molecule has 0 spiro atoms. The minimum Gasteiger partial charge on any atom is -0.425 e. The Morgan fingerprint density at radius 2 is 1.57 bits per heavy atom. The number of nitrogens with zero attached hydrogens (tertiary/aromatic N) is 2. The molecule has 0 saturated carbocycles. The normalized spacial score (nSPS) is 11.6. The number of hydrogen-bond acceptors (Lipinski definition) is 5. The van der Waals surface area contributed by atoms with E-state index < -0.39 is 0 Å². The van der Waals surface area contributed by atoms with Gasteiger partial charge in [0.05, 0.1) is 5.92 Å². The summed E-state index contributed by atoms with van der Waals surface area (Å²) in [7, 11) is 0. The van der Waals surface area contributed by atoms with Crippen molar-refractivity contribution in [1.29, 1.82) is 0 Å². The predicted octanol–water partition coefficient (Wildman–Crippen LogP) is 2.45. The third-order valence-corrected chi connectivity index (χ3v) is 4.20. The molecule has 1 aromatic heterocycles. The molecule has 0 fully saturated rings. The predicted molar refractivity (Wildman–Crippen MR) is 104 cm³/mol. The highest BCUT2D eigenvalue weighted by molar-refractivity contribution is 5.94. The summed E-state index contributed by atoms with van der Waals surface area (Å²) in [5.41, 5.74) is 1.52. The fourth-order valence-corrected chi connectivity index (χ4v) is 2.81. The third-order valence-electron chi connectivity index (χ3n) is 4.20. The second-order valence-corrected chi connectivity index (χ2v) is 6.30. The zero-order valence-corrected chi connectivity index (χ0v) is 15.6. The van der Waals surface area contributed by atoms with E-state index >= 15 is 0 Å². The van der Waals surface area contributed by atoms with Gasteiger partial charge in [0.15, 0.2) is 0 Å². The van der Waals surface area contributed by atoms with Gasteiger partial charge >= 0.3 is 0 Å². The zero-order chi connectivity index (χ0) is 19.8. The molecule has 0 saturated heterocycles. The summed E-state index contributed by atoms with van der Waals surface area (Å²) < 4.78 is 5.55. The van der Waals surface area contributed by atoms with Crippen LogP contribution in [0, 0.1) is 6.92 Å². The number of carbonyl (C=O) groups excluding carboxylic acids is 2. The third kappa shape index (κ3) is 5.26. The van der Waals surface area contributed by atoms with Crippen LogP contribution < -0.4 is 10.6 Å². The lowest BCUT2D eigenvalue weighted by molar-refractivity contribution is -0.121. The van der Waals surface area contributed by atoms with Crippen LogP contribution in [0.2, 0.25) is 0 Å². The minimum absolute atomic E-state index is 0.154. The van der Waals surface area contributed by atoms with Gasteiger partial charge in [0, 0.05) is 32.0 Å². The number of nitrogens with one attached hydrogen (secondary N) is 2. The zero-order valence-electron chi connectivity index (χ0n) is 15.6. The second kappa shape index (κ2) is 9.45. The molecule has 1 heterocycles. The molecule has 7 nitrogen and oxygen atoms in total. The Balaban J connectivity index is 1.52. The van der Waals surface area contributed by atoms with Crippen LogP contribution in [0.1, 0.15) is 40.0 Å². The number of aryl methyl sites for hydroxylation is 1. The fraction of sp³-hybridized carbons (Fsp3) is 0.238. The Morgan fingerprint density at radius 3 is 2.21 bits per heavy atom. The molecule has 3 aromatic rings. The maximum atomic E-state index is 12.4. The Morgan fingerprint density at radius 1 is 0.929 bits per heavy atom. The SMILES string of the molecule is Cc1nnc(C(CC(=O)NCCNC(=O)c2ccccc2)c2ccccc2)o1. The average Bonchev–Trinajstić information content (AvgIpc) is 3.16.